The van der Waals surface area contributed by atoms with Gasteiger partial charge >= 0.3 is 6.03 Å². The van der Waals surface area contributed by atoms with Gasteiger partial charge in [0.15, 0.2) is 0 Å². The second-order valence-electron chi connectivity index (χ2n) is 7.07. The molecular formula is C23H24N4O3. The Balaban J connectivity index is 1.67. The fourth-order valence-electron chi connectivity index (χ4n) is 3.88. The van der Waals surface area contributed by atoms with E-state index >= 15 is 0 Å². The number of urea groups is 1. The van der Waals surface area contributed by atoms with Crippen molar-refractivity contribution in [2.75, 3.05) is 38.7 Å². The van der Waals surface area contributed by atoms with Crippen molar-refractivity contribution >= 4 is 22.6 Å². The zero-order chi connectivity index (χ0) is 21.1. The number of amides is 2. The molecular weight excluding hydrogens is 380 g/mol. The van der Waals surface area contributed by atoms with Crippen LogP contribution in [0.1, 0.15) is 12.5 Å². The molecule has 1 aliphatic rings. The molecule has 0 atom stereocenters. The number of nitrogens with one attached hydrogen (secondary N) is 1. The number of carbonyl (C=O) groups is 1. The molecule has 1 fully saturated rings. The molecule has 2 amide bonds. The van der Waals surface area contributed by atoms with Crippen LogP contribution in [0, 0.1) is 11.3 Å². The zero-order valence-corrected chi connectivity index (χ0v) is 17.1. The van der Waals surface area contributed by atoms with Crippen LogP contribution in [0.15, 0.2) is 42.5 Å². The van der Waals surface area contributed by atoms with E-state index in [4.69, 9.17) is 9.47 Å². The number of aromatic nitrogens is 1. The molecule has 0 saturated carbocycles. The molecule has 2 heterocycles. The van der Waals surface area contributed by atoms with E-state index in [1.54, 1.807) is 12.0 Å². The van der Waals surface area contributed by atoms with Gasteiger partial charge in [-0.25, -0.2) is 4.79 Å². The highest BCUT2D eigenvalue weighted by atomic mass is 16.5. The SMILES string of the molecule is CCn1c(-c2ccc(NC(=O)N3CCOCC3)cc2)c(C#N)c2ccc(OC)cc21. The second kappa shape index (κ2) is 8.47. The summed E-state index contributed by atoms with van der Waals surface area (Å²) >= 11 is 0. The lowest BCUT2D eigenvalue weighted by Gasteiger charge is -2.26. The molecule has 2 aromatic carbocycles. The summed E-state index contributed by atoms with van der Waals surface area (Å²) in [4.78, 5) is 14.1. The molecule has 1 N–H and O–H groups in total. The van der Waals surface area contributed by atoms with Crippen molar-refractivity contribution in [3.8, 4) is 23.1 Å². The number of methoxy groups -OCH3 is 1. The highest BCUT2D eigenvalue weighted by molar-refractivity contribution is 5.96. The van der Waals surface area contributed by atoms with E-state index in [-0.39, 0.29) is 6.03 Å². The Hall–Kier alpha value is -3.50. The van der Waals surface area contributed by atoms with Crippen LogP contribution in [0.4, 0.5) is 10.5 Å². The Morgan fingerprint density at radius 2 is 1.93 bits per heavy atom. The number of ether oxygens (including phenoxy) is 2. The number of aryl methyl sites for hydroxylation is 1. The first kappa shape index (κ1) is 19.8. The van der Waals surface area contributed by atoms with Crippen LogP contribution in [0.2, 0.25) is 0 Å². The van der Waals surface area contributed by atoms with Crippen molar-refractivity contribution in [1.82, 2.24) is 9.47 Å². The first-order valence-electron chi connectivity index (χ1n) is 10.0. The number of rotatable bonds is 4. The van der Waals surface area contributed by atoms with Gasteiger partial charge in [0.2, 0.25) is 0 Å². The number of hydrogen-bond donors (Lipinski definition) is 1. The van der Waals surface area contributed by atoms with Gasteiger partial charge in [0.05, 0.1) is 37.1 Å². The van der Waals surface area contributed by atoms with Crippen LogP contribution in [-0.2, 0) is 11.3 Å². The molecule has 154 valence electrons. The van der Waals surface area contributed by atoms with E-state index in [9.17, 15) is 10.1 Å². The molecule has 1 saturated heterocycles. The van der Waals surface area contributed by atoms with E-state index in [1.165, 1.54) is 0 Å². The van der Waals surface area contributed by atoms with Gasteiger partial charge in [-0.1, -0.05) is 12.1 Å². The third-order valence-corrected chi connectivity index (χ3v) is 5.41. The average Bonchev–Trinajstić information content (AvgIpc) is 3.12. The number of nitriles is 1. The van der Waals surface area contributed by atoms with Crippen LogP contribution in [-0.4, -0.2) is 48.9 Å². The predicted molar refractivity (Wildman–Crippen MR) is 116 cm³/mol. The smallest absolute Gasteiger partial charge is 0.321 e. The summed E-state index contributed by atoms with van der Waals surface area (Å²) in [5, 5.41) is 13.7. The highest BCUT2D eigenvalue weighted by Crippen LogP contribution is 2.35. The topological polar surface area (TPSA) is 79.5 Å². The highest BCUT2D eigenvalue weighted by Gasteiger charge is 2.19. The molecule has 0 spiro atoms. The lowest BCUT2D eigenvalue weighted by Crippen LogP contribution is -2.43. The van der Waals surface area contributed by atoms with Crippen LogP contribution in [0.25, 0.3) is 22.2 Å². The number of anilines is 1. The van der Waals surface area contributed by atoms with E-state index in [0.717, 1.165) is 40.1 Å². The molecule has 0 aliphatic carbocycles. The monoisotopic (exact) mass is 404 g/mol. The third kappa shape index (κ3) is 3.58. The molecule has 0 bridgehead atoms. The second-order valence-corrected chi connectivity index (χ2v) is 7.07. The van der Waals surface area contributed by atoms with Crippen LogP contribution in [0.5, 0.6) is 5.75 Å². The van der Waals surface area contributed by atoms with Crippen molar-refractivity contribution in [3.63, 3.8) is 0 Å². The maximum absolute atomic E-state index is 12.4. The van der Waals surface area contributed by atoms with Gasteiger partial charge < -0.3 is 24.3 Å². The number of benzene rings is 2. The fourth-order valence-corrected chi connectivity index (χ4v) is 3.88. The number of morpholine rings is 1. The van der Waals surface area contributed by atoms with Gasteiger partial charge in [0.25, 0.3) is 0 Å². The first-order chi connectivity index (χ1) is 14.7. The summed E-state index contributed by atoms with van der Waals surface area (Å²) in [6.07, 6.45) is 0. The molecule has 30 heavy (non-hydrogen) atoms. The standard InChI is InChI=1S/C23H24N4O3/c1-3-27-21-14-18(29-2)8-9-19(21)20(15-24)22(27)16-4-6-17(7-5-16)25-23(28)26-10-12-30-13-11-26/h4-9,14H,3,10-13H2,1-2H3,(H,25,28). The molecule has 1 aliphatic heterocycles. The average molecular weight is 404 g/mol. The van der Waals surface area contributed by atoms with Gasteiger partial charge in [-0.2, -0.15) is 5.26 Å². The molecule has 7 heteroatoms. The number of fused-ring (bicyclic) bond motifs is 1. The Labute approximate surface area is 175 Å². The minimum absolute atomic E-state index is 0.126. The maximum atomic E-state index is 12.4. The predicted octanol–water partition coefficient (Wildman–Crippen LogP) is 4.07. The molecule has 1 aromatic heterocycles. The summed E-state index contributed by atoms with van der Waals surface area (Å²) in [5.41, 5.74) is 4.12. The Bertz CT molecular complexity index is 1110. The molecule has 0 radical (unpaired) electrons. The fraction of sp³-hybridized carbons (Fsp3) is 0.304. The van der Waals surface area contributed by atoms with E-state index in [2.05, 4.69) is 22.9 Å². The molecule has 3 aromatic rings. The van der Waals surface area contributed by atoms with Crippen molar-refractivity contribution in [2.24, 2.45) is 0 Å². The quantitative estimate of drug-likeness (QED) is 0.711. The zero-order valence-electron chi connectivity index (χ0n) is 17.1. The summed E-state index contributed by atoms with van der Waals surface area (Å²) in [5.74, 6) is 0.756. The molecule has 4 rings (SSSR count). The van der Waals surface area contributed by atoms with Gasteiger partial charge in [-0.3, -0.25) is 0 Å². The molecule has 0 unspecified atom stereocenters. The number of carbonyl (C=O) groups excluding carboxylic acids is 1. The molecule has 7 nitrogen and oxygen atoms in total. The van der Waals surface area contributed by atoms with E-state index in [1.807, 2.05) is 42.5 Å². The Morgan fingerprint density at radius 3 is 2.57 bits per heavy atom. The number of nitrogens with zero attached hydrogens (tertiary/aromatic N) is 3. The summed E-state index contributed by atoms with van der Waals surface area (Å²) < 4.78 is 12.8. The van der Waals surface area contributed by atoms with Crippen LogP contribution in [0.3, 0.4) is 0 Å². The van der Waals surface area contributed by atoms with Gasteiger partial charge in [-0.05, 0) is 36.8 Å². The first-order valence-corrected chi connectivity index (χ1v) is 10.0. The van der Waals surface area contributed by atoms with Gasteiger partial charge in [0.1, 0.15) is 11.8 Å². The van der Waals surface area contributed by atoms with Crippen molar-refractivity contribution in [2.45, 2.75) is 13.5 Å². The lowest BCUT2D eigenvalue weighted by molar-refractivity contribution is 0.0564. The minimum Gasteiger partial charge on any atom is -0.497 e. The summed E-state index contributed by atoms with van der Waals surface area (Å²) in [6.45, 7) is 5.09. The van der Waals surface area contributed by atoms with Gasteiger partial charge in [0, 0.05) is 36.8 Å². The third-order valence-electron chi connectivity index (χ3n) is 5.41. The number of hydrogen-bond acceptors (Lipinski definition) is 4. The Kier molecular flexibility index (Phi) is 5.59. The van der Waals surface area contributed by atoms with E-state index < -0.39 is 0 Å². The summed E-state index contributed by atoms with van der Waals surface area (Å²) in [7, 11) is 1.64. The Morgan fingerprint density at radius 1 is 1.20 bits per heavy atom. The van der Waals surface area contributed by atoms with Crippen LogP contribution < -0.4 is 10.1 Å². The maximum Gasteiger partial charge on any atom is 0.321 e. The minimum atomic E-state index is -0.126. The van der Waals surface area contributed by atoms with Crippen molar-refractivity contribution < 1.29 is 14.3 Å². The van der Waals surface area contributed by atoms with Gasteiger partial charge in [-0.15, -0.1) is 0 Å². The normalized spacial score (nSPS) is 13.8. The van der Waals surface area contributed by atoms with E-state index in [0.29, 0.717) is 31.9 Å². The van der Waals surface area contributed by atoms with Crippen LogP contribution >= 0.6 is 0 Å². The van der Waals surface area contributed by atoms with Crippen molar-refractivity contribution in [1.29, 1.82) is 5.26 Å². The lowest BCUT2D eigenvalue weighted by atomic mass is 10.1. The summed E-state index contributed by atoms with van der Waals surface area (Å²) in [6, 6.07) is 15.6. The van der Waals surface area contributed by atoms with Crippen molar-refractivity contribution in [3.05, 3.63) is 48.0 Å². The largest absolute Gasteiger partial charge is 0.497 e.